The van der Waals surface area contributed by atoms with Crippen molar-refractivity contribution in [3.8, 4) is 0 Å². The molecule has 0 saturated heterocycles. The van der Waals surface area contributed by atoms with Crippen molar-refractivity contribution in [1.82, 2.24) is 25.2 Å². The first kappa shape index (κ1) is 24.7. The van der Waals surface area contributed by atoms with Crippen molar-refractivity contribution in [2.75, 3.05) is 32.1 Å². The van der Waals surface area contributed by atoms with Crippen LogP contribution in [-0.4, -0.2) is 70.8 Å². The average molecular weight is 459 g/mol. The summed E-state index contributed by atoms with van der Waals surface area (Å²) in [5.74, 6) is -0.130. The van der Waals surface area contributed by atoms with Gasteiger partial charge in [0.05, 0.1) is 18.9 Å². The number of esters is 1. The van der Waals surface area contributed by atoms with Gasteiger partial charge in [0.1, 0.15) is 12.3 Å². The predicted octanol–water partition coefficient (Wildman–Crippen LogP) is 2.28. The number of hydrogen-bond donors (Lipinski definition) is 2. The van der Waals surface area contributed by atoms with Gasteiger partial charge in [-0.2, -0.15) is 0 Å². The lowest BCUT2D eigenvalue weighted by Crippen LogP contribution is -2.44. The quantitative estimate of drug-likeness (QED) is 0.679. The van der Waals surface area contributed by atoms with Crippen LogP contribution in [0, 0.1) is 5.92 Å². The van der Waals surface area contributed by atoms with Crippen LogP contribution in [-0.2, 0) is 27.4 Å². The molecule has 1 aromatic heterocycles. The van der Waals surface area contributed by atoms with Crippen LogP contribution < -0.4 is 10.6 Å². The Morgan fingerprint density at radius 2 is 2.09 bits per heavy atom. The Morgan fingerprint density at radius 1 is 1.30 bits per heavy atom. The lowest BCUT2D eigenvalue weighted by molar-refractivity contribution is -0.144. The summed E-state index contributed by atoms with van der Waals surface area (Å²) in [6.07, 6.45) is 2.56. The van der Waals surface area contributed by atoms with E-state index in [1.54, 1.807) is 16.6 Å². The monoisotopic (exact) mass is 458 g/mol. The summed E-state index contributed by atoms with van der Waals surface area (Å²) in [6.45, 7) is 6.28. The molecule has 10 heteroatoms. The van der Waals surface area contributed by atoms with E-state index >= 15 is 0 Å². The van der Waals surface area contributed by atoms with Gasteiger partial charge >= 0.3 is 12.0 Å². The van der Waals surface area contributed by atoms with E-state index < -0.39 is 0 Å². The molecule has 2 amide bonds. The summed E-state index contributed by atoms with van der Waals surface area (Å²) < 4.78 is 13.3. The molecule has 0 unspecified atom stereocenters. The molecule has 2 N–H and O–H groups in total. The summed E-state index contributed by atoms with van der Waals surface area (Å²) in [6, 6.07) is 9.15. The van der Waals surface area contributed by atoms with Gasteiger partial charge in [0.2, 0.25) is 0 Å². The Labute approximate surface area is 194 Å². The molecule has 1 aromatic carbocycles. The molecule has 2 bridgehead atoms. The highest BCUT2D eigenvalue weighted by molar-refractivity contribution is 5.89. The van der Waals surface area contributed by atoms with Gasteiger partial charge in [-0.25, -0.2) is 4.79 Å². The standard InChI is InChI=1S/C23H34N6O4/c1-17-12-24-18(2)15-33-22(30)10-7-11-29-13-20(26-27-29)16-32-21(17)14-28(3)23(31)25-19-8-5-4-6-9-19/h4-6,8-9,13,17-18,21,24H,7,10-12,14-16H2,1-3H3,(H,25,31)/t17-,18-,21-/m0/s1. The second-order valence-electron chi connectivity index (χ2n) is 8.57. The van der Waals surface area contributed by atoms with E-state index in [1.165, 1.54) is 0 Å². The number of para-hydroxylation sites is 1. The topological polar surface area (TPSA) is 111 Å². The third-order valence-corrected chi connectivity index (χ3v) is 5.54. The van der Waals surface area contributed by atoms with Crippen molar-refractivity contribution in [2.24, 2.45) is 5.92 Å². The second kappa shape index (κ2) is 12.3. The number of nitrogens with zero attached hydrogens (tertiary/aromatic N) is 4. The normalized spacial score (nSPS) is 22.9. The molecular formula is C23H34N6O4. The smallest absolute Gasteiger partial charge is 0.321 e. The molecule has 2 aromatic rings. The number of nitrogens with one attached hydrogen (secondary N) is 2. The molecule has 3 rings (SSSR count). The molecular weight excluding hydrogens is 424 g/mol. The van der Waals surface area contributed by atoms with Crippen LogP contribution in [0.4, 0.5) is 10.5 Å². The molecule has 1 aliphatic heterocycles. The van der Waals surface area contributed by atoms with Gasteiger partial charge in [0.25, 0.3) is 0 Å². The minimum absolute atomic E-state index is 0.0108. The number of ether oxygens (including phenoxy) is 2. The summed E-state index contributed by atoms with van der Waals surface area (Å²) in [5, 5.41) is 14.6. The van der Waals surface area contributed by atoms with Crippen molar-refractivity contribution >= 4 is 17.7 Å². The number of aromatic nitrogens is 3. The average Bonchev–Trinajstić information content (AvgIpc) is 3.26. The van der Waals surface area contributed by atoms with E-state index in [-0.39, 0.29) is 30.1 Å². The van der Waals surface area contributed by atoms with Crippen LogP contribution in [0.1, 0.15) is 32.4 Å². The van der Waals surface area contributed by atoms with Crippen molar-refractivity contribution < 1.29 is 19.1 Å². The first-order chi connectivity index (χ1) is 15.9. The molecule has 3 atom stereocenters. The highest BCUT2D eigenvalue weighted by Crippen LogP contribution is 2.14. The summed E-state index contributed by atoms with van der Waals surface area (Å²) in [5.41, 5.74) is 1.45. The number of benzene rings is 1. The number of urea groups is 1. The molecule has 33 heavy (non-hydrogen) atoms. The zero-order valence-corrected chi connectivity index (χ0v) is 19.6. The zero-order valence-electron chi connectivity index (χ0n) is 19.6. The largest absolute Gasteiger partial charge is 0.464 e. The number of carbonyl (C=O) groups excluding carboxylic acids is 2. The maximum atomic E-state index is 12.7. The number of aryl methyl sites for hydroxylation is 1. The van der Waals surface area contributed by atoms with E-state index in [0.29, 0.717) is 51.4 Å². The van der Waals surface area contributed by atoms with E-state index in [9.17, 15) is 9.59 Å². The first-order valence-electron chi connectivity index (χ1n) is 11.4. The van der Waals surface area contributed by atoms with Gasteiger partial charge in [-0.15, -0.1) is 5.10 Å². The summed E-state index contributed by atoms with van der Waals surface area (Å²) in [4.78, 5) is 26.3. The minimum Gasteiger partial charge on any atom is -0.464 e. The fourth-order valence-electron chi connectivity index (χ4n) is 3.45. The second-order valence-corrected chi connectivity index (χ2v) is 8.57. The van der Waals surface area contributed by atoms with Gasteiger partial charge in [-0.3, -0.25) is 9.48 Å². The highest BCUT2D eigenvalue weighted by atomic mass is 16.5. The Bertz CT molecular complexity index is 890. The molecule has 10 nitrogen and oxygen atoms in total. The Balaban J connectivity index is 1.65. The summed E-state index contributed by atoms with van der Waals surface area (Å²) in [7, 11) is 1.75. The lowest BCUT2D eigenvalue weighted by Gasteiger charge is -2.30. The van der Waals surface area contributed by atoms with Crippen LogP contribution >= 0.6 is 0 Å². The summed E-state index contributed by atoms with van der Waals surface area (Å²) >= 11 is 0. The number of amides is 2. The lowest BCUT2D eigenvalue weighted by atomic mass is 10.0. The molecule has 0 spiro atoms. The highest BCUT2D eigenvalue weighted by Gasteiger charge is 2.24. The molecule has 0 fully saturated rings. The molecule has 2 heterocycles. The molecule has 180 valence electrons. The van der Waals surface area contributed by atoms with Crippen LogP contribution in [0.2, 0.25) is 0 Å². The van der Waals surface area contributed by atoms with E-state index in [1.807, 2.05) is 43.5 Å². The fourth-order valence-corrected chi connectivity index (χ4v) is 3.45. The van der Waals surface area contributed by atoms with Crippen LogP contribution in [0.3, 0.4) is 0 Å². The van der Waals surface area contributed by atoms with Crippen molar-refractivity contribution in [3.05, 3.63) is 42.2 Å². The zero-order chi connectivity index (χ0) is 23.6. The SMILES string of the molecule is C[C@H]1COC(=O)CCCn2cc(nn2)CO[C@@H](CN(C)C(=O)Nc2ccccc2)[C@@H](C)CN1. The van der Waals surface area contributed by atoms with Crippen LogP contribution in [0.25, 0.3) is 0 Å². The van der Waals surface area contributed by atoms with E-state index in [4.69, 9.17) is 9.47 Å². The first-order valence-corrected chi connectivity index (χ1v) is 11.4. The molecule has 0 aliphatic carbocycles. The van der Waals surface area contributed by atoms with E-state index in [0.717, 1.165) is 5.69 Å². The van der Waals surface area contributed by atoms with Gasteiger partial charge in [0.15, 0.2) is 0 Å². The number of hydrogen-bond acceptors (Lipinski definition) is 7. The van der Waals surface area contributed by atoms with Crippen molar-refractivity contribution in [1.29, 1.82) is 0 Å². The third kappa shape index (κ3) is 8.14. The maximum Gasteiger partial charge on any atom is 0.321 e. The number of cyclic esters (lactones) is 1. The Kier molecular flexibility index (Phi) is 9.20. The number of anilines is 1. The predicted molar refractivity (Wildman–Crippen MR) is 124 cm³/mol. The van der Waals surface area contributed by atoms with Crippen molar-refractivity contribution in [3.63, 3.8) is 0 Å². The van der Waals surface area contributed by atoms with Gasteiger partial charge in [-0.1, -0.05) is 30.3 Å². The van der Waals surface area contributed by atoms with E-state index in [2.05, 4.69) is 27.9 Å². The van der Waals surface area contributed by atoms with Gasteiger partial charge < -0.3 is 25.0 Å². The number of carbonyl (C=O) groups is 2. The Hall–Kier alpha value is -2.98. The van der Waals surface area contributed by atoms with Crippen molar-refractivity contribution in [2.45, 2.75) is 52.0 Å². The number of likely N-dealkylation sites (N-methyl/N-ethyl adjacent to an activating group) is 1. The Morgan fingerprint density at radius 3 is 2.88 bits per heavy atom. The maximum absolute atomic E-state index is 12.7. The van der Waals surface area contributed by atoms with Gasteiger partial charge in [-0.05, 0) is 31.4 Å². The molecule has 1 aliphatic rings. The van der Waals surface area contributed by atoms with Crippen LogP contribution in [0.15, 0.2) is 36.5 Å². The third-order valence-electron chi connectivity index (χ3n) is 5.54. The number of rotatable bonds is 3. The van der Waals surface area contributed by atoms with Gasteiger partial charge in [0, 0.05) is 44.8 Å². The molecule has 0 radical (unpaired) electrons. The van der Waals surface area contributed by atoms with Crippen LogP contribution in [0.5, 0.6) is 0 Å². The number of fused-ring (bicyclic) bond motifs is 2. The fraction of sp³-hybridized carbons (Fsp3) is 0.565. The minimum atomic E-state index is -0.239. The molecule has 0 saturated carbocycles.